The number of carbonyl (C=O) groups excluding carboxylic acids is 1. The van der Waals surface area contributed by atoms with Crippen LogP contribution in [0.1, 0.15) is 6.42 Å². The minimum atomic E-state index is -3.42. The Hall–Kier alpha value is -1.45. The van der Waals surface area contributed by atoms with Crippen LogP contribution >= 0.6 is 0 Å². The first-order chi connectivity index (χ1) is 9.12. The fourth-order valence-electron chi connectivity index (χ4n) is 2.01. The molecule has 0 aromatic heterocycles. The maximum absolute atomic E-state index is 12.2. The molecule has 116 valence electrons. The molecule has 10 heteroatoms. The fourth-order valence-corrected chi connectivity index (χ4v) is 3.54. The molecule has 0 aromatic carbocycles. The summed E-state index contributed by atoms with van der Waals surface area (Å²) in [5, 5.41) is 8.75. The number of nitrogens with zero attached hydrogens (tertiary/aromatic N) is 2. The van der Waals surface area contributed by atoms with Gasteiger partial charge in [0.15, 0.2) is 9.84 Å². The highest BCUT2D eigenvalue weighted by atomic mass is 32.2. The van der Waals surface area contributed by atoms with Crippen molar-refractivity contribution in [2.75, 3.05) is 31.6 Å². The third kappa shape index (κ3) is 4.58. The molecule has 0 saturated carbocycles. The van der Waals surface area contributed by atoms with Gasteiger partial charge in [-0.2, -0.15) is 0 Å². The molecule has 7 nitrogen and oxygen atoms in total. The zero-order valence-corrected chi connectivity index (χ0v) is 11.6. The molecule has 1 saturated heterocycles. The number of hydrogen-bond acceptors (Lipinski definition) is 4. The Morgan fingerprint density at radius 3 is 2.55 bits per heavy atom. The van der Waals surface area contributed by atoms with Crippen molar-refractivity contribution in [1.29, 1.82) is 0 Å². The van der Waals surface area contributed by atoms with Gasteiger partial charge in [-0.15, -0.1) is 0 Å². The standard InChI is InChI=1S/C10H16F2N2O5S/c1-13(5-8(11)12)10(17)14-2-3-20(18,19)6-7(14)4-9(15)16/h7-8H,2-6H2,1H3,(H,15,16). The summed E-state index contributed by atoms with van der Waals surface area (Å²) < 4.78 is 47.5. The fraction of sp³-hybridized carbons (Fsp3) is 0.800. The SMILES string of the molecule is CN(CC(F)F)C(=O)N1CCS(=O)(=O)CC1CC(=O)O. The molecule has 20 heavy (non-hydrogen) atoms. The molecule has 1 N–H and O–H groups in total. The van der Waals surface area contributed by atoms with E-state index in [9.17, 15) is 26.8 Å². The van der Waals surface area contributed by atoms with Gasteiger partial charge < -0.3 is 14.9 Å². The Morgan fingerprint density at radius 1 is 1.45 bits per heavy atom. The average molecular weight is 314 g/mol. The van der Waals surface area contributed by atoms with Gasteiger partial charge in [0.05, 0.1) is 30.5 Å². The van der Waals surface area contributed by atoms with Crippen molar-refractivity contribution >= 4 is 21.8 Å². The third-order valence-electron chi connectivity index (χ3n) is 2.92. The van der Waals surface area contributed by atoms with Crippen molar-refractivity contribution in [2.24, 2.45) is 0 Å². The molecule has 0 aromatic rings. The van der Waals surface area contributed by atoms with Gasteiger partial charge in [0.2, 0.25) is 0 Å². The lowest BCUT2D eigenvalue weighted by molar-refractivity contribution is -0.138. The van der Waals surface area contributed by atoms with Crippen molar-refractivity contribution < 1.29 is 31.9 Å². The lowest BCUT2D eigenvalue weighted by Crippen LogP contribution is -2.55. The van der Waals surface area contributed by atoms with Crippen LogP contribution in [-0.4, -0.2) is 79.4 Å². The minimum absolute atomic E-state index is 0.188. The number of hydrogen-bond donors (Lipinski definition) is 1. The van der Waals surface area contributed by atoms with E-state index in [2.05, 4.69) is 0 Å². The number of aliphatic carboxylic acids is 1. The van der Waals surface area contributed by atoms with Crippen molar-refractivity contribution in [2.45, 2.75) is 18.9 Å². The van der Waals surface area contributed by atoms with E-state index < -0.39 is 53.0 Å². The maximum atomic E-state index is 12.2. The van der Waals surface area contributed by atoms with Crippen LogP contribution in [0.4, 0.5) is 13.6 Å². The highest BCUT2D eigenvalue weighted by Gasteiger charge is 2.36. The summed E-state index contributed by atoms with van der Waals surface area (Å²) in [5.41, 5.74) is 0. The van der Waals surface area contributed by atoms with Crippen molar-refractivity contribution in [1.82, 2.24) is 9.80 Å². The summed E-state index contributed by atoms with van der Waals surface area (Å²) in [4.78, 5) is 24.5. The molecule has 1 atom stereocenters. The predicted molar refractivity (Wildman–Crippen MR) is 65.4 cm³/mol. The molecule has 2 amide bonds. The topological polar surface area (TPSA) is 95.0 Å². The molecular formula is C10H16F2N2O5S. The predicted octanol–water partition coefficient (Wildman–Crippen LogP) is -0.123. The molecule has 0 bridgehead atoms. The van der Waals surface area contributed by atoms with E-state index in [1.807, 2.05) is 0 Å². The van der Waals surface area contributed by atoms with Crippen LogP contribution in [0.15, 0.2) is 0 Å². The van der Waals surface area contributed by atoms with Gasteiger partial charge >= 0.3 is 12.0 Å². The highest BCUT2D eigenvalue weighted by Crippen LogP contribution is 2.17. The van der Waals surface area contributed by atoms with Gasteiger partial charge in [0.25, 0.3) is 6.43 Å². The van der Waals surface area contributed by atoms with Crippen LogP contribution in [-0.2, 0) is 14.6 Å². The molecule has 1 heterocycles. The smallest absolute Gasteiger partial charge is 0.320 e. The lowest BCUT2D eigenvalue weighted by atomic mass is 10.2. The Kier molecular flexibility index (Phi) is 5.26. The van der Waals surface area contributed by atoms with E-state index in [-0.39, 0.29) is 12.3 Å². The first kappa shape index (κ1) is 16.6. The molecule has 1 aliphatic rings. The maximum Gasteiger partial charge on any atom is 0.320 e. The Morgan fingerprint density at radius 2 is 2.05 bits per heavy atom. The molecular weight excluding hydrogens is 298 g/mol. The summed E-state index contributed by atoms with van der Waals surface area (Å²) in [6, 6.07) is -1.81. The number of amides is 2. The quantitative estimate of drug-likeness (QED) is 0.780. The molecule has 1 fully saturated rings. The van der Waals surface area contributed by atoms with Gasteiger partial charge in [0, 0.05) is 13.6 Å². The number of sulfone groups is 1. The second-order valence-electron chi connectivity index (χ2n) is 4.61. The van der Waals surface area contributed by atoms with Crippen molar-refractivity contribution in [3.05, 3.63) is 0 Å². The van der Waals surface area contributed by atoms with Crippen LogP contribution in [0.3, 0.4) is 0 Å². The van der Waals surface area contributed by atoms with E-state index in [0.717, 1.165) is 16.8 Å². The minimum Gasteiger partial charge on any atom is -0.481 e. The van der Waals surface area contributed by atoms with E-state index in [4.69, 9.17) is 5.11 Å². The zero-order valence-electron chi connectivity index (χ0n) is 10.8. The van der Waals surface area contributed by atoms with Gasteiger partial charge in [-0.05, 0) is 0 Å². The van der Waals surface area contributed by atoms with Crippen LogP contribution in [0.25, 0.3) is 0 Å². The molecule has 0 radical (unpaired) electrons. The molecule has 1 rings (SSSR count). The summed E-state index contributed by atoms with van der Waals surface area (Å²) in [6.45, 7) is -0.978. The van der Waals surface area contributed by atoms with Gasteiger partial charge in [-0.3, -0.25) is 4.79 Å². The monoisotopic (exact) mass is 314 g/mol. The normalized spacial score (nSPS) is 21.8. The average Bonchev–Trinajstić information content (AvgIpc) is 2.25. The van der Waals surface area contributed by atoms with E-state index in [0.29, 0.717) is 0 Å². The summed E-state index contributed by atoms with van der Waals surface area (Å²) >= 11 is 0. The third-order valence-corrected chi connectivity index (χ3v) is 4.62. The first-order valence-electron chi connectivity index (χ1n) is 5.84. The second kappa shape index (κ2) is 6.33. The molecule has 0 spiro atoms. The molecule has 1 unspecified atom stereocenters. The van der Waals surface area contributed by atoms with Gasteiger partial charge in [-0.25, -0.2) is 22.0 Å². The van der Waals surface area contributed by atoms with Gasteiger partial charge in [0.1, 0.15) is 0 Å². The van der Waals surface area contributed by atoms with Crippen LogP contribution in [0.5, 0.6) is 0 Å². The Balaban J connectivity index is 2.84. The number of carboxylic acid groups (broad SMARTS) is 1. The number of carbonyl (C=O) groups is 2. The Bertz CT molecular complexity index is 482. The zero-order chi connectivity index (χ0) is 15.5. The number of urea groups is 1. The van der Waals surface area contributed by atoms with Crippen molar-refractivity contribution in [3.8, 4) is 0 Å². The van der Waals surface area contributed by atoms with Crippen LogP contribution in [0, 0.1) is 0 Å². The number of carboxylic acids is 1. The molecule has 0 aliphatic carbocycles. The van der Waals surface area contributed by atoms with E-state index in [1.165, 1.54) is 0 Å². The highest BCUT2D eigenvalue weighted by molar-refractivity contribution is 7.91. The molecule has 1 aliphatic heterocycles. The Labute approximate surface area is 115 Å². The number of rotatable bonds is 4. The first-order valence-corrected chi connectivity index (χ1v) is 7.66. The van der Waals surface area contributed by atoms with E-state index in [1.54, 1.807) is 0 Å². The number of halogens is 2. The lowest BCUT2D eigenvalue weighted by Gasteiger charge is -2.37. The van der Waals surface area contributed by atoms with Crippen LogP contribution in [0.2, 0.25) is 0 Å². The van der Waals surface area contributed by atoms with Crippen molar-refractivity contribution in [3.63, 3.8) is 0 Å². The van der Waals surface area contributed by atoms with Gasteiger partial charge in [-0.1, -0.05) is 0 Å². The summed E-state index contributed by atoms with van der Waals surface area (Å²) in [5.74, 6) is -2.01. The second-order valence-corrected chi connectivity index (χ2v) is 6.84. The number of alkyl halides is 2. The summed E-state index contributed by atoms with van der Waals surface area (Å²) in [7, 11) is -2.25. The van der Waals surface area contributed by atoms with Crippen LogP contribution < -0.4 is 0 Å². The van der Waals surface area contributed by atoms with E-state index >= 15 is 0 Å². The summed E-state index contributed by atoms with van der Waals surface area (Å²) in [6.07, 6.45) is -3.25. The largest absolute Gasteiger partial charge is 0.481 e.